The van der Waals surface area contributed by atoms with Crippen molar-refractivity contribution in [3.63, 3.8) is 0 Å². The number of hydrogen-bond donors (Lipinski definition) is 1. The van der Waals surface area contributed by atoms with Crippen molar-refractivity contribution in [1.29, 1.82) is 0 Å². The normalized spacial score (nSPS) is 15.5. The maximum Gasteiger partial charge on any atom is 0.244 e. The van der Waals surface area contributed by atoms with E-state index in [0.29, 0.717) is 6.04 Å². The van der Waals surface area contributed by atoms with Gasteiger partial charge in [0.2, 0.25) is 5.91 Å². The number of rotatable bonds is 3. The van der Waals surface area contributed by atoms with Crippen molar-refractivity contribution in [1.82, 2.24) is 10.3 Å². The molecule has 0 aromatic carbocycles. The van der Waals surface area contributed by atoms with Crippen molar-refractivity contribution in [3.8, 4) is 0 Å². The van der Waals surface area contributed by atoms with Crippen LogP contribution in [0, 0.1) is 0 Å². The summed E-state index contributed by atoms with van der Waals surface area (Å²) < 4.78 is 0.909. The lowest BCUT2D eigenvalue weighted by Crippen LogP contribution is -2.22. The summed E-state index contributed by atoms with van der Waals surface area (Å²) in [5, 5.41) is 2.88. The number of nitrogens with one attached hydrogen (secondary N) is 1. The fourth-order valence-corrected chi connectivity index (χ4v) is 1.55. The highest BCUT2D eigenvalue weighted by molar-refractivity contribution is 9.10. The molecule has 0 atom stereocenters. The topological polar surface area (TPSA) is 42.0 Å². The summed E-state index contributed by atoms with van der Waals surface area (Å²) in [4.78, 5) is 15.3. The average molecular weight is 267 g/mol. The first-order valence-electron chi connectivity index (χ1n) is 4.83. The lowest BCUT2D eigenvalue weighted by Gasteiger charge is -1.97. The summed E-state index contributed by atoms with van der Waals surface area (Å²) in [6.07, 6.45) is 8.95. The van der Waals surface area contributed by atoms with Gasteiger partial charge in [-0.15, -0.1) is 0 Å². The van der Waals surface area contributed by atoms with Gasteiger partial charge in [-0.05, 0) is 46.5 Å². The van der Waals surface area contributed by atoms with E-state index in [2.05, 4.69) is 26.2 Å². The van der Waals surface area contributed by atoms with E-state index in [4.69, 9.17) is 0 Å². The second kappa shape index (κ2) is 4.57. The largest absolute Gasteiger partial charge is 0.350 e. The molecule has 1 fully saturated rings. The number of carbonyl (C=O) groups excluding carboxylic acids is 1. The predicted molar refractivity (Wildman–Crippen MR) is 62.1 cm³/mol. The van der Waals surface area contributed by atoms with E-state index in [0.717, 1.165) is 22.9 Å². The van der Waals surface area contributed by atoms with Crippen LogP contribution in [0.4, 0.5) is 0 Å². The highest BCUT2D eigenvalue weighted by atomic mass is 79.9. The lowest BCUT2D eigenvalue weighted by atomic mass is 10.2. The Kier molecular flexibility index (Phi) is 3.16. The zero-order chi connectivity index (χ0) is 10.7. The van der Waals surface area contributed by atoms with E-state index in [-0.39, 0.29) is 5.91 Å². The Hall–Kier alpha value is -1.16. The van der Waals surface area contributed by atoms with Crippen LogP contribution < -0.4 is 5.32 Å². The van der Waals surface area contributed by atoms with Crippen LogP contribution in [0.1, 0.15) is 18.4 Å². The molecule has 0 spiro atoms. The van der Waals surface area contributed by atoms with E-state index in [9.17, 15) is 4.79 Å². The highest BCUT2D eigenvalue weighted by Gasteiger charge is 2.21. The third-order valence-electron chi connectivity index (χ3n) is 2.08. The average Bonchev–Trinajstić information content (AvgIpc) is 2.99. The van der Waals surface area contributed by atoms with Crippen LogP contribution in [-0.2, 0) is 4.79 Å². The van der Waals surface area contributed by atoms with Crippen LogP contribution in [0.15, 0.2) is 29.0 Å². The van der Waals surface area contributed by atoms with Crippen molar-refractivity contribution in [2.24, 2.45) is 0 Å². The fraction of sp³-hybridized carbons (Fsp3) is 0.273. The summed E-state index contributed by atoms with van der Waals surface area (Å²) in [5.74, 6) is -0.0301. The van der Waals surface area contributed by atoms with Gasteiger partial charge in [0.05, 0.1) is 0 Å². The summed E-state index contributed by atoms with van der Waals surface area (Å²) in [6, 6.07) is 2.32. The number of carbonyl (C=O) groups is 1. The molecule has 1 heterocycles. The predicted octanol–water partition coefficient (Wildman–Crippen LogP) is 2.14. The molecule has 1 aliphatic rings. The van der Waals surface area contributed by atoms with Gasteiger partial charge >= 0.3 is 0 Å². The van der Waals surface area contributed by atoms with Crippen molar-refractivity contribution in [2.45, 2.75) is 18.9 Å². The van der Waals surface area contributed by atoms with E-state index in [1.54, 1.807) is 24.5 Å². The molecule has 0 radical (unpaired) electrons. The number of halogens is 1. The Morgan fingerprint density at radius 3 is 3.00 bits per heavy atom. The molecule has 2 rings (SSSR count). The molecule has 3 nitrogen and oxygen atoms in total. The van der Waals surface area contributed by atoms with E-state index >= 15 is 0 Å². The first-order valence-corrected chi connectivity index (χ1v) is 5.62. The van der Waals surface area contributed by atoms with E-state index in [1.165, 1.54) is 0 Å². The Morgan fingerprint density at radius 2 is 2.33 bits per heavy atom. The molecule has 15 heavy (non-hydrogen) atoms. The Balaban J connectivity index is 1.94. The maximum atomic E-state index is 11.3. The molecule has 78 valence electrons. The molecule has 0 unspecified atom stereocenters. The summed E-state index contributed by atoms with van der Waals surface area (Å²) in [7, 11) is 0. The molecule has 1 aromatic heterocycles. The number of pyridine rings is 1. The lowest BCUT2D eigenvalue weighted by molar-refractivity contribution is -0.116. The molecule has 0 saturated heterocycles. The first kappa shape index (κ1) is 10.4. The number of nitrogens with zero attached hydrogens (tertiary/aromatic N) is 1. The minimum Gasteiger partial charge on any atom is -0.350 e. The van der Waals surface area contributed by atoms with Crippen molar-refractivity contribution in [2.75, 3.05) is 0 Å². The van der Waals surface area contributed by atoms with E-state index in [1.807, 2.05) is 6.07 Å². The van der Waals surface area contributed by atoms with Gasteiger partial charge in [-0.25, -0.2) is 0 Å². The highest BCUT2D eigenvalue weighted by Crippen LogP contribution is 2.18. The summed E-state index contributed by atoms with van der Waals surface area (Å²) in [5.41, 5.74) is 0.912. The van der Waals surface area contributed by atoms with Gasteiger partial charge in [0.15, 0.2) is 0 Å². The molecule has 1 amide bonds. The molecule has 0 aliphatic heterocycles. The minimum absolute atomic E-state index is 0.0301. The maximum absolute atomic E-state index is 11.3. The van der Waals surface area contributed by atoms with Gasteiger partial charge in [-0.1, -0.05) is 0 Å². The molecule has 1 N–H and O–H groups in total. The Bertz CT molecular complexity index is 399. The quantitative estimate of drug-likeness (QED) is 0.852. The Labute approximate surface area is 96.7 Å². The molecule has 1 saturated carbocycles. The van der Waals surface area contributed by atoms with Crippen LogP contribution >= 0.6 is 15.9 Å². The van der Waals surface area contributed by atoms with Crippen molar-refractivity contribution in [3.05, 3.63) is 34.6 Å². The molecule has 4 heteroatoms. The number of amides is 1. The van der Waals surface area contributed by atoms with E-state index < -0.39 is 0 Å². The summed E-state index contributed by atoms with van der Waals surface area (Å²) in [6.45, 7) is 0. The molecule has 0 bridgehead atoms. The number of aromatic nitrogens is 1. The van der Waals surface area contributed by atoms with Crippen LogP contribution in [0.5, 0.6) is 0 Å². The van der Waals surface area contributed by atoms with Gasteiger partial charge in [0, 0.05) is 29.0 Å². The van der Waals surface area contributed by atoms with Gasteiger partial charge < -0.3 is 5.32 Å². The van der Waals surface area contributed by atoms with Crippen molar-refractivity contribution >= 4 is 27.9 Å². The SMILES string of the molecule is O=C(C=Cc1cncc(Br)c1)NC1CC1. The summed E-state index contributed by atoms with van der Waals surface area (Å²) >= 11 is 3.32. The minimum atomic E-state index is -0.0301. The van der Waals surface area contributed by atoms with Gasteiger partial charge in [-0.3, -0.25) is 9.78 Å². The van der Waals surface area contributed by atoms with Gasteiger partial charge in [0.25, 0.3) is 0 Å². The number of hydrogen-bond acceptors (Lipinski definition) is 2. The van der Waals surface area contributed by atoms with Crippen LogP contribution in [0.3, 0.4) is 0 Å². The van der Waals surface area contributed by atoms with Crippen LogP contribution in [-0.4, -0.2) is 16.9 Å². The fourth-order valence-electron chi connectivity index (χ4n) is 1.17. The third kappa shape index (κ3) is 3.47. The molecular weight excluding hydrogens is 256 g/mol. The van der Waals surface area contributed by atoms with Crippen molar-refractivity contribution < 1.29 is 4.79 Å². The standard InChI is InChI=1S/C11H11BrN2O/c12-9-5-8(6-13-7-9)1-4-11(15)14-10-2-3-10/h1,4-7,10H,2-3H2,(H,14,15). The van der Waals surface area contributed by atoms with Gasteiger partial charge in [-0.2, -0.15) is 0 Å². The zero-order valence-electron chi connectivity index (χ0n) is 8.11. The second-order valence-corrected chi connectivity index (χ2v) is 4.47. The molecule has 1 aliphatic carbocycles. The first-order chi connectivity index (χ1) is 7.24. The smallest absolute Gasteiger partial charge is 0.244 e. The molecule has 1 aromatic rings. The second-order valence-electron chi connectivity index (χ2n) is 3.55. The monoisotopic (exact) mass is 266 g/mol. The Morgan fingerprint density at radius 1 is 1.53 bits per heavy atom. The van der Waals surface area contributed by atoms with Crippen LogP contribution in [0.25, 0.3) is 6.08 Å². The molecular formula is C11H11BrN2O. The van der Waals surface area contributed by atoms with Crippen LogP contribution in [0.2, 0.25) is 0 Å². The zero-order valence-corrected chi connectivity index (χ0v) is 9.70. The third-order valence-corrected chi connectivity index (χ3v) is 2.51. The van der Waals surface area contributed by atoms with Gasteiger partial charge in [0.1, 0.15) is 0 Å².